The van der Waals surface area contributed by atoms with Gasteiger partial charge in [0.2, 0.25) is 0 Å². The molecule has 0 aliphatic carbocycles. The Balaban J connectivity index is 1.44. The van der Waals surface area contributed by atoms with Crippen molar-refractivity contribution in [1.29, 1.82) is 0 Å². The van der Waals surface area contributed by atoms with Gasteiger partial charge in [-0.1, -0.05) is 30.3 Å². The summed E-state index contributed by atoms with van der Waals surface area (Å²) in [5.41, 5.74) is 1.39. The topological polar surface area (TPSA) is 86.1 Å². The van der Waals surface area contributed by atoms with Gasteiger partial charge >= 0.3 is 0 Å². The van der Waals surface area contributed by atoms with Crippen LogP contribution >= 0.6 is 11.3 Å². The second-order valence-corrected chi connectivity index (χ2v) is 7.21. The van der Waals surface area contributed by atoms with Crippen molar-refractivity contribution in [2.75, 3.05) is 11.9 Å². The third-order valence-electron chi connectivity index (χ3n) is 4.21. The molecule has 0 unspecified atom stereocenters. The van der Waals surface area contributed by atoms with Crippen molar-refractivity contribution in [3.05, 3.63) is 94.4 Å². The zero-order valence-corrected chi connectivity index (χ0v) is 16.7. The smallest absolute Gasteiger partial charge is 0.276 e. The van der Waals surface area contributed by atoms with E-state index in [1.54, 1.807) is 12.3 Å². The zero-order chi connectivity index (χ0) is 20.8. The van der Waals surface area contributed by atoms with Crippen molar-refractivity contribution in [2.24, 2.45) is 0 Å². The summed E-state index contributed by atoms with van der Waals surface area (Å²) in [7, 11) is 0. The minimum absolute atomic E-state index is 0.147. The molecule has 0 radical (unpaired) electrons. The summed E-state index contributed by atoms with van der Waals surface area (Å²) in [6, 6.07) is 19.5. The Kier molecular flexibility index (Phi) is 5.95. The van der Waals surface area contributed by atoms with Gasteiger partial charge in [-0.15, -0.1) is 11.3 Å². The Bertz CT molecular complexity index is 1190. The van der Waals surface area contributed by atoms with Crippen LogP contribution < -0.4 is 15.6 Å². The number of thiazole rings is 1. The number of nitrogens with zero attached hydrogens (tertiary/aromatic N) is 3. The Labute approximate surface area is 176 Å². The van der Waals surface area contributed by atoms with Gasteiger partial charge in [-0.2, -0.15) is 5.10 Å². The van der Waals surface area contributed by atoms with E-state index in [1.165, 1.54) is 28.2 Å². The number of rotatable bonds is 7. The predicted molar refractivity (Wildman–Crippen MR) is 116 cm³/mol. The van der Waals surface area contributed by atoms with E-state index in [9.17, 15) is 9.59 Å². The maximum absolute atomic E-state index is 12.6. The van der Waals surface area contributed by atoms with E-state index >= 15 is 0 Å². The molecule has 150 valence electrons. The molecule has 0 saturated carbocycles. The molecule has 4 rings (SSSR count). The summed E-state index contributed by atoms with van der Waals surface area (Å²) in [5.74, 6) is 0.309. The Morgan fingerprint density at radius 1 is 1.07 bits per heavy atom. The first kappa shape index (κ1) is 19.5. The van der Waals surface area contributed by atoms with Crippen LogP contribution in [0, 0.1) is 0 Å². The summed E-state index contributed by atoms with van der Waals surface area (Å²) in [5, 5.41) is 9.76. The van der Waals surface area contributed by atoms with Crippen LogP contribution in [-0.2, 0) is 6.54 Å². The summed E-state index contributed by atoms with van der Waals surface area (Å²) in [6.07, 6.45) is 1.74. The molecule has 4 aromatic rings. The minimum Gasteiger partial charge on any atom is -0.492 e. The first-order chi connectivity index (χ1) is 14.7. The molecule has 30 heavy (non-hydrogen) atoms. The van der Waals surface area contributed by atoms with Gasteiger partial charge in [-0.3, -0.25) is 9.59 Å². The second kappa shape index (κ2) is 9.15. The first-order valence-electron chi connectivity index (χ1n) is 9.26. The molecule has 1 N–H and O–H groups in total. The van der Waals surface area contributed by atoms with Crippen molar-refractivity contribution >= 4 is 22.9 Å². The highest BCUT2D eigenvalue weighted by molar-refractivity contribution is 7.13. The highest BCUT2D eigenvalue weighted by Gasteiger charge is 2.11. The van der Waals surface area contributed by atoms with Crippen LogP contribution in [0.4, 0.5) is 5.69 Å². The highest BCUT2D eigenvalue weighted by Crippen LogP contribution is 2.24. The lowest BCUT2D eigenvalue weighted by molar-refractivity contribution is 0.101. The predicted octanol–water partition coefficient (Wildman–Crippen LogP) is 3.70. The Hall–Kier alpha value is -3.78. The molecule has 2 heterocycles. The summed E-state index contributed by atoms with van der Waals surface area (Å²) in [4.78, 5) is 29.0. The van der Waals surface area contributed by atoms with Gasteiger partial charge in [0.25, 0.3) is 11.5 Å². The van der Waals surface area contributed by atoms with Gasteiger partial charge in [0.05, 0.1) is 6.54 Å². The van der Waals surface area contributed by atoms with E-state index in [0.29, 0.717) is 11.4 Å². The maximum atomic E-state index is 12.6. The second-order valence-electron chi connectivity index (χ2n) is 6.31. The van der Waals surface area contributed by atoms with Crippen molar-refractivity contribution < 1.29 is 9.53 Å². The first-order valence-corrected chi connectivity index (χ1v) is 10.1. The summed E-state index contributed by atoms with van der Waals surface area (Å²) < 4.78 is 6.83. The van der Waals surface area contributed by atoms with Crippen LogP contribution in [0.2, 0.25) is 0 Å². The van der Waals surface area contributed by atoms with E-state index in [0.717, 1.165) is 10.6 Å². The minimum atomic E-state index is -0.399. The van der Waals surface area contributed by atoms with Crippen molar-refractivity contribution in [2.45, 2.75) is 6.54 Å². The van der Waals surface area contributed by atoms with Crippen molar-refractivity contribution in [1.82, 2.24) is 14.8 Å². The average molecular weight is 418 g/mol. The Morgan fingerprint density at radius 3 is 2.73 bits per heavy atom. The molecule has 0 saturated heterocycles. The fourth-order valence-electron chi connectivity index (χ4n) is 2.79. The van der Waals surface area contributed by atoms with E-state index < -0.39 is 5.91 Å². The number of nitrogens with one attached hydrogen (secondary N) is 1. The molecule has 0 bridgehead atoms. The highest BCUT2D eigenvalue weighted by atomic mass is 32.1. The number of hydrogen-bond acceptors (Lipinski definition) is 6. The number of benzene rings is 2. The number of ether oxygens (including phenoxy) is 1. The van der Waals surface area contributed by atoms with Gasteiger partial charge in [0, 0.05) is 28.9 Å². The summed E-state index contributed by atoms with van der Waals surface area (Å²) >= 11 is 1.52. The quantitative estimate of drug-likeness (QED) is 0.495. The lowest BCUT2D eigenvalue weighted by Crippen LogP contribution is -2.28. The molecule has 0 atom stereocenters. The number of hydrogen-bond donors (Lipinski definition) is 1. The van der Waals surface area contributed by atoms with Gasteiger partial charge in [0.15, 0.2) is 0 Å². The van der Waals surface area contributed by atoms with Gasteiger partial charge in [-0.25, -0.2) is 9.67 Å². The standard InChI is InChI=1S/C22H18N4O3S/c27-20-10-9-19(25-26(20)12-13-29-18-7-2-1-3-8-18)21(28)24-17-6-4-5-16(15-17)22-23-11-14-30-22/h1-11,14-15H,12-13H2,(H,24,28). The lowest BCUT2D eigenvalue weighted by Gasteiger charge is -2.09. The van der Waals surface area contributed by atoms with E-state index in [1.807, 2.05) is 53.9 Å². The van der Waals surface area contributed by atoms with Crippen molar-refractivity contribution in [3.8, 4) is 16.3 Å². The largest absolute Gasteiger partial charge is 0.492 e. The van der Waals surface area contributed by atoms with Gasteiger partial charge in [0.1, 0.15) is 23.1 Å². The molecule has 2 aromatic carbocycles. The molecule has 8 heteroatoms. The van der Waals surface area contributed by atoms with Crippen LogP contribution in [-0.4, -0.2) is 27.3 Å². The molecule has 2 aromatic heterocycles. The number of aromatic nitrogens is 3. The molecule has 7 nitrogen and oxygen atoms in total. The number of amides is 1. The molecular weight excluding hydrogens is 400 g/mol. The van der Waals surface area contributed by atoms with Crippen LogP contribution in [0.1, 0.15) is 10.5 Å². The number of anilines is 1. The van der Waals surface area contributed by atoms with Gasteiger partial charge < -0.3 is 10.1 Å². The van der Waals surface area contributed by atoms with E-state index in [-0.39, 0.29) is 24.4 Å². The maximum Gasteiger partial charge on any atom is 0.276 e. The van der Waals surface area contributed by atoms with E-state index in [4.69, 9.17) is 4.74 Å². The SMILES string of the molecule is O=C(Nc1cccc(-c2nccs2)c1)c1ccc(=O)n(CCOc2ccccc2)n1. The van der Waals surface area contributed by atoms with Crippen molar-refractivity contribution in [3.63, 3.8) is 0 Å². The lowest BCUT2D eigenvalue weighted by atomic mass is 10.2. The third-order valence-corrected chi connectivity index (χ3v) is 5.04. The van der Waals surface area contributed by atoms with Crippen LogP contribution in [0.25, 0.3) is 10.6 Å². The van der Waals surface area contributed by atoms with Crippen LogP contribution in [0.3, 0.4) is 0 Å². The Morgan fingerprint density at radius 2 is 1.93 bits per heavy atom. The molecule has 0 spiro atoms. The van der Waals surface area contributed by atoms with Crippen LogP contribution in [0.15, 0.2) is 83.1 Å². The molecular formula is C22H18N4O3S. The molecule has 0 aliphatic heterocycles. The van der Waals surface area contributed by atoms with Gasteiger partial charge in [-0.05, 0) is 30.3 Å². The molecule has 0 aliphatic rings. The molecule has 1 amide bonds. The normalized spacial score (nSPS) is 10.5. The van der Waals surface area contributed by atoms with Crippen LogP contribution in [0.5, 0.6) is 5.75 Å². The number of carbonyl (C=O) groups excluding carboxylic acids is 1. The fraction of sp³-hybridized carbons (Fsp3) is 0.0909. The number of carbonyl (C=O) groups is 1. The third kappa shape index (κ3) is 4.79. The zero-order valence-electron chi connectivity index (χ0n) is 15.9. The van der Waals surface area contributed by atoms with E-state index in [2.05, 4.69) is 15.4 Å². The average Bonchev–Trinajstić information content (AvgIpc) is 3.31. The molecule has 0 fully saturated rings. The summed E-state index contributed by atoms with van der Waals surface area (Å²) in [6.45, 7) is 0.492. The monoisotopic (exact) mass is 418 g/mol. The fourth-order valence-corrected chi connectivity index (χ4v) is 3.42. The number of para-hydroxylation sites is 1.